The number of likely N-dealkylation sites (tertiary alicyclic amines) is 1. The van der Waals surface area contributed by atoms with E-state index in [-0.39, 0.29) is 0 Å². The second kappa shape index (κ2) is 8.06. The third-order valence-electron chi connectivity index (χ3n) is 4.44. The standard InChI is InChI=1S/C19H26N4/c1-16-11-12-19(22-21-16)20-18-10-6-14-23(15-18)13-5-9-17-7-3-2-4-8-17/h2-4,7-8,11-12,18H,5-6,9-10,13-15H2,1H3,(H,20,22)/t18-/m1/s1. The molecule has 1 aliphatic heterocycles. The number of hydrogen-bond donors (Lipinski definition) is 1. The van der Waals surface area contributed by atoms with Crippen molar-refractivity contribution in [3.8, 4) is 0 Å². The molecule has 4 heteroatoms. The van der Waals surface area contributed by atoms with Crippen molar-refractivity contribution in [2.75, 3.05) is 25.0 Å². The van der Waals surface area contributed by atoms with Gasteiger partial charge < -0.3 is 10.2 Å². The van der Waals surface area contributed by atoms with Crippen LogP contribution < -0.4 is 5.32 Å². The Morgan fingerprint density at radius 3 is 2.78 bits per heavy atom. The van der Waals surface area contributed by atoms with E-state index in [9.17, 15) is 0 Å². The van der Waals surface area contributed by atoms with Crippen molar-refractivity contribution < 1.29 is 0 Å². The molecule has 1 saturated heterocycles. The van der Waals surface area contributed by atoms with E-state index in [1.165, 1.54) is 44.3 Å². The van der Waals surface area contributed by atoms with Crippen LogP contribution in [0.1, 0.15) is 30.5 Å². The lowest BCUT2D eigenvalue weighted by atomic mass is 10.0. The zero-order valence-corrected chi connectivity index (χ0v) is 13.9. The molecule has 0 bridgehead atoms. The summed E-state index contributed by atoms with van der Waals surface area (Å²) in [5.74, 6) is 0.895. The van der Waals surface area contributed by atoms with Gasteiger partial charge in [-0.05, 0) is 63.4 Å². The number of benzene rings is 1. The summed E-state index contributed by atoms with van der Waals surface area (Å²) in [7, 11) is 0. The van der Waals surface area contributed by atoms with Gasteiger partial charge in [0.1, 0.15) is 5.82 Å². The second-order valence-corrected chi connectivity index (χ2v) is 6.43. The normalized spacial score (nSPS) is 18.7. The van der Waals surface area contributed by atoms with E-state index in [4.69, 9.17) is 0 Å². The highest BCUT2D eigenvalue weighted by Gasteiger charge is 2.19. The van der Waals surface area contributed by atoms with E-state index >= 15 is 0 Å². The number of hydrogen-bond acceptors (Lipinski definition) is 4. The molecule has 3 rings (SSSR count). The summed E-state index contributed by atoms with van der Waals surface area (Å²) >= 11 is 0. The number of aromatic nitrogens is 2. The summed E-state index contributed by atoms with van der Waals surface area (Å²) in [5.41, 5.74) is 2.40. The first-order chi connectivity index (χ1) is 11.3. The zero-order valence-electron chi connectivity index (χ0n) is 13.9. The molecule has 2 aromatic rings. The molecule has 0 unspecified atom stereocenters. The largest absolute Gasteiger partial charge is 0.365 e. The molecule has 1 aromatic carbocycles. The summed E-state index contributed by atoms with van der Waals surface area (Å²) in [6.45, 7) is 5.45. The summed E-state index contributed by atoms with van der Waals surface area (Å²) in [6.07, 6.45) is 4.85. The van der Waals surface area contributed by atoms with Crippen molar-refractivity contribution in [3.05, 3.63) is 53.7 Å². The van der Waals surface area contributed by atoms with Crippen LogP contribution >= 0.6 is 0 Å². The van der Waals surface area contributed by atoms with Gasteiger partial charge in [-0.3, -0.25) is 0 Å². The number of anilines is 1. The minimum Gasteiger partial charge on any atom is -0.365 e. The highest BCUT2D eigenvalue weighted by Crippen LogP contribution is 2.15. The molecule has 23 heavy (non-hydrogen) atoms. The van der Waals surface area contributed by atoms with Crippen molar-refractivity contribution in [3.63, 3.8) is 0 Å². The Hall–Kier alpha value is -1.94. The first-order valence-corrected chi connectivity index (χ1v) is 8.63. The van der Waals surface area contributed by atoms with Crippen LogP contribution in [0.4, 0.5) is 5.82 Å². The fourth-order valence-corrected chi connectivity index (χ4v) is 3.21. The number of piperidine rings is 1. The van der Waals surface area contributed by atoms with Gasteiger partial charge in [0.05, 0.1) is 5.69 Å². The van der Waals surface area contributed by atoms with Crippen molar-refractivity contribution in [1.29, 1.82) is 0 Å². The number of aryl methyl sites for hydroxylation is 2. The number of nitrogens with one attached hydrogen (secondary N) is 1. The van der Waals surface area contributed by atoms with E-state index in [0.717, 1.165) is 18.1 Å². The maximum Gasteiger partial charge on any atom is 0.148 e. The van der Waals surface area contributed by atoms with Crippen LogP contribution in [-0.2, 0) is 6.42 Å². The van der Waals surface area contributed by atoms with E-state index in [1.54, 1.807) is 0 Å². The average molecular weight is 310 g/mol. The molecule has 0 amide bonds. The molecule has 0 radical (unpaired) electrons. The molecule has 4 nitrogen and oxygen atoms in total. The molecule has 0 spiro atoms. The van der Waals surface area contributed by atoms with E-state index in [0.29, 0.717) is 6.04 Å². The van der Waals surface area contributed by atoms with Crippen LogP contribution in [0, 0.1) is 6.92 Å². The Morgan fingerprint density at radius 1 is 1.13 bits per heavy atom. The first kappa shape index (κ1) is 15.9. The van der Waals surface area contributed by atoms with Crippen LogP contribution in [-0.4, -0.2) is 40.8 Å². The van der Waals surface area contributed by atoms with Crippen molar-refractivity contribution in [2.45, 2.75) is 38.6 Å². The van der Waals surface area contributed by atoms with E-state index < -0.39 is 0 Å². The SMILES string of the molecule is Cc1ccc(N[C@@H]2CCCN(CCCc3ccccc3)C2)nn1. The molecule has 0 saturated carbocycles. The second-order valence-electron chi connectivity index (χ2n) is 6.43. The van der Waals surface area contributed by atoms with Gasteiger partial charge in [0.15, 0.2) is 0 Å². The van der Waals surface area contributed by atoms with Crippen LogP contribution in [0.3, 0.4) is 0 Å². The monoisotopic (exact) mass is 310 g/mol. The molecule has 1 aliphatic rings. The van der Waals surface area contributed by atoms with Crippen molar-refractivity contribution in [1.82, 2.24) is 15.1 Å². The topological polar surface area (TPSA) is 41.0 Å². The zero-order chi connectivity index (χ0) is 15.9. The fourth-order valence-electron chi connectivity index (χ4n) is 3.21. The Labute approximate surface area is 138 Å². The van der Waals surface area contributed by atoms with Crippen molar-refractivity contribution in [2.24, 2.45) is 0 Å². The predicted molar refractivity (Wildman–Crippen MR) is 94.6 cm³/mol. The van der Waals surface area contributed by atoms with Crippen LogP contribution in [0.15, 0.2) is 42.5 Å². The highest BCUT2D eigenvalue weighted by atomic mass is 15.2. The van der Waals surface area contributed by atoms with Gasteiger partial charge in [0.25, 0.3) is 0 Å². The molecular weight excluding hydrogens is 284 g/mol. The van der Waals surface area contributed by atoms with Gasteiger partial charge in [0, 0.05) is 12.6 Å². The molecular formula is C19H26N4. The Bertz CT molecular complexity index is 582. The number of rotatable bonds is 6. The quantitative estimate of drug-likeness (QED) is 0.889. The summed E-state index contributed by atoms with van der Waals surface area (Å²) in [6, 6.07) is 15.3. The van der Waals surface area contributed by atoms with Gasteiger partial charge >= 0.3 is 0 Å². The lowest BCUT2D eigenvalue weighted by Gasteiger charge is -2.33. The number of nitrogens with zero attached hydrogens (tertiary/aromatic N) is 3. The Morgan fingerprint density at radius 2 is 2.00 bits per heavy atom. The van der Waals surface area contributed by atoms with E-state index in [1.807, 2.05) is 19.1 Å². The molecule has 1 N–H and O–H groups in total. The Kier molecular flexibility index (Phi) is 5.59. The first-order valence-electron chi connectivity index (χ1n) is 8.63. The van der Waals surface area contributed by atoms with Gasteiger partial charge in [-0.15, -0.1) is 5.10 Å². The van der Waals surface area contributed by atoms with Crippen molar-refractivity contribution >= 4 is 5.82 Å². The molecule has 1 aromatic heterocycles. The third-order valence-corrected chi connectivity index (χ3v) is 4.44. The molecule has 2 heterocycles. The molecule has 122 valence electrons. The van der Waals surface area contributed by atoms with Crippen LogP contribution in [0.5, 0.6) is 0 Å². The smallest absolute Gasteiger partial charge is 0.148 e. The summed E-state index contributed by atoms with van der Waals surface area (Å²) in [4.78, 5) is 2.58. The van der Waals surface area contributed by atoms with Crippen LogP contribution in [0.2, 0.25) is 0 Å². The minimum atomic E-state index is 0.484. The van der Waals surface area contributed by atoms with E-state index in [2.05, 4.69) is 50.7 Å². The fraction of sp³-hybridized carbons (Fsp3) is 0.474. The summed E-state index contributed by atoms with van der Waals surface area (Å²) < 4.78 is 0. The highest BCUT2D eigenvalue weighted by molar-refractivity contribution is 5.34. The minimum absolute atomic E-state index is 0.484. The maximum absolute atomic E-state index is 4.22. The predicted octanol–water partition coefficient (Wildman–Crippen LogP) is 3.29. The van der Waals surface area contributed by atoms with Gasteiger partial charge in [-0.1, -0.05) is 30.3 Å². The average Bonchev–Trinajstić information content (AvgIpc) is 2.58. The van der Waals surface area contributed by atoms with Crippen LogP contribution in [0.25, 0.3) is 0 Å². The Balaban J connectivity index is 1.43. The lowest BCUT2D eigenvalue weighted by Crippen LogP contribution is -2.42. The molecule has 0 aliphatic carbocycles. The summed E-state index contributed by atoms with van der Waals surface area (Å²) in [5, 5.41) is 11.9. The van der Waals surface area contributed by atoms with Gasteiger partial charge in [-0.2, -0.15) is 5.10 Å². The third kappa shape index (κ3) is 5.03. The van der Waals surface area contributed by atoms with Gasteiger partial charge in [-0.25, -0.2) is 0 Å². The maximum atomic E-state index is 4.22. The molecule has 1 atom stereocenters. The van der Waals surface area contributed by atoms with Gasteiger partial charge in [0.2, 0.25) is 0 Å². The lowest BCUT2D eigenvalue weighted by molar-refractivity contribution is 0.214. The molecule has 1 fully saturated rings.